The summed E-state index contributed by atoms with van der Waals surface area (Å²) in [5.74, 6) is -0.267. The smallest absolute Gasteiger partial charge is 0.306 e. The topological polar surface area (TPSA) is 100 Å². The first-order chi connectivity index (χ1) is 15.6. The van der Waals surface area contributed by atoms with Gasteiger partial charge in [-0.15, -0.1) is 0 Å². The van der Waals surface area contributed by atoms with Gasteiger partial charge in [-0.25, -0.2) is 0 Å². The van der Waals surface area contributed by atoms with Crippen LogP contribution >= 0.6 is 0 Å². The van der Waals surface area contributed by atoms with Gasteiger partial charge in [0, 0.05) is 12.8 Å². The predicted octanol–water partition coefficient (Wildman–Crippen LogP) is 3.36. The Bertz CT molecular complexity index is 643. The van der Waals surface area contributed by atoms with E-state index in [1.54, 1.807) is 0 Å². The quantitative estimate of drug-likeness (QED) is 0.393. The predicted molar refractivity (Wildman–Crippen MR) is 123 cm³/mol. The van der Waals surface area contributed by atoms with Crippen LogP contribution in [-0.2, 0) is 30.3 Å². The number of ether oxygens (including phenoxy) is 4. The minimum atomic E-state index is -0.687. The number of fused-ring (bicyclic) bond motifs is 1. The molecule has 0 radical (unpaired) electrons. The Morgan fingerprint density at radius 2 is 1.81 bits per heavy atom. The van der Waals surface area contributed by atoms with Gasteiger partial charge in [0.15, 0.2) is 6.10 Å². The van der Waals surface area contributed by atoms with E-state index < -0.39 is 18.3 Å². The number of esters is 1. The van der Waals surface area contributed by atoms with Crippen molar-refractivity contribution in [2.45, 2.75) is 102 Å². The van der Waals surface area contributed by atoms with E-state index in [0.717, 1.165) is 31.2 Å². The average Bonchev–Trinajstić information content (AvgIpc) is 3.19. The van der Waals surface area contributed by atoms with Crippen molar-refractivity contribution >= 4 is 5.97 Å². The fourth-order valence-electron chi connectivity index (χ4n) is 4.32. The van der Waals surface area contributed by atoms with Gasteiger partial charge in [0.2, 0.25) is 0 Å². The first-order valence-corrected chi connectivity index (χ1v) is 12.0. The minimum absolute atomic E-state index is 0.0372. The standard InChI is InChI=1S/C24H36O6.CH5N/c1-3-4-5-6-10-13-21(26)30-23-20(15-25)29-19-14-17(2)28-22(19)24(23)27-16-18-11-8-7-9-12-18;1-2/h7-9,11-12,17,19-20,22-25H,3-6,10,13-16H2,1-2H3;2H2,1H3. The lowest BCUT2D eigenvalue weighted by Gasteiger charge is -2.42. The number of unbranched alkanes of at least 4 members (excludes halogenated alkanes) is 4. The molecule has 0 amide bonds. The maximum absolute atomic E-state index is 12.5. The summed E-state index contributed by atoms with van der Waals surface area (Å²) in [6.07, 6.45) is 4.22. The molecule has 2 aliphatic heterocycles. The summed E-state index contributed by atoms with van der Waals surface area (Å²) in [5, 5.41) is 9.92. The van der Waals surface area contributed by atoms with Gasteiger partial charge in [-0.3, -0.25) is 4.79 Å². The fourth-order valence-corrected chi connectivity index (χ4v) is 4.32. The van der Waals surface area contributed by atoms with Gasteiger partial charge in [-0.2, -0.15) is 0 Å². The van der Waals surface area contributed by atoms with Gasteiger partial charge in [-0.1, -0.05) is 62.9 Å². The summed E-state index contributed by atoms with van der Waals surface area (Å²) in [7, 11) is 1.50. The number of carbonyl (C=O) groups is 1. The van der Waals surface area contributed by atoms with E-state index in [4.69, 9.17) is 18.9 Å². The van der Waals surface area contributed by atoms with Crippen LogP contribution in [0.5, 0.6) is 0 Å². The van der Waals surface area contributed by atoms with E-state index >= 15 is 0 Å². The molecule has 0 bridgehead atoms. The van der Waals surface area contributed by atoms with Crippen LogP contribution in [0.15, 0.2) is 30.3 Å². The highest BCUT2D eigenvalue weighted by Crippen LogP contribution is 2.36. The van der Waals surface area contributed by atoms with Crippen LogP contribution in [0.2, 0.25) is 0 Å². The van der Waals surface area contributed by atoms with Crippen LogP contribution in [0.25, 0.3) is 0 Å². The van der Waals surface area contributed by atoms with E-state index in [2.05, 4.69) is 12.7 Å². The highest BCUT2D eigenvalue weighted by Gasteiger charge is 2.52. The molecule has 2 fully saturated rings. The number of rotatable bonds is 11. The van der Waals surface area contributed by atoms with Crippen molar-refractivity contribution in [1.82, 2.24) is 0 Å². The third-order valence-electron chi connectivity index (χ3n) is 5.90. The van der Waals surface area contributed by atoms with Crippen LogP contribution in [0, 0.1) is 0 Å². The average molecular weight is 452 g/mol. The zero-order valence-electron chi connectivity index (χ0n) is 19.8. The molecular formula is C25H41NO6. The van der Waals surface area contributed by atoms with Crippen molar-refractivity contribution in [1.29, 1.82) is 0 Å². The molecule has 1 aromatic carbocycles. The molecule has 3 N–H and O–H groups in total. The molecule has 6 unspecified atom stereocenters. The largest absolute Gasteiger partial charge is 0.457 e. The van der Waals surface area contributed by atoms with Crippen molar-refractivity contribution in [2.75, 3.05) is 13.7 Å². The number of aliphatic hydroxyl groups is 1. The van der Waals surface area contributed by atoms with Crippen LogP contribution in [0.3, 0.4) is 0 Å². The van der Waals surface area contributed by atoms with Crippen LogP contribution in [0.4, 0.5) is 0 Å². The van der Waals surface area contributed by atoms with Crippen molar-refractivity contribution in [2.24, 2.45) is 5.73 Å². The Morgan fingerprint density at radius 1 is 1.09 bits per heavy atom. The molecule has 2 saturated heterocycles. The third kappa shape index (κ3) is 7.81. The number of carbonyl (C=O) groups excluding carboxylic acids is 1. The lowest BCUT2D eigenvalue weighted by molar-refractivity contribution is -0.243. The Kier molecular flexibility index (Phi) is 12.2. The summed E-state index contributed by atoms with van der Waals surface area (Å²) in [6, 6.07) is 9.88. The number of benzene rings is 1. The molecule has 0 saturated carbocycles. The zero-order chi connectivity index (χ0) is 23.3. The first kappa shape index (κ1) is 26.7. The van der Waals surface area contributed by atoms with Crippen LogP contribution in [0.1, 0.15) is 64.4 Å². The molecular weight excluding hydrogens is 410 g/mol. The highest BCUT2D eigenvalue weighted by atomic mass is 16.6. The molecule has 7 heteroatoms. The molecule has 3 rings (SSSR count). The number of aliphatic hydroxyl groups excluding tert-OH is 1. The lowest BCUT2D eigenvalue weighted by Crippen LogP contribution is -2.59. The molecule has 182 valence electrons. The van der Waals surface area contributed by atoms with E-state index in [9.17, 15) is 9.90 Å². The summed E-state index contributed by atoms with van der Waals surface area (Å²) in [5.41, 5.74) is 5.54. The molecule has 6 atom stereocenters. The van der Waals surface area contributed by atoms with E-state index in [0.29, 0.717) is 13.0 Å². The van der Waals surface area contributed by atoms with Crippen LogP contribution in [-0.4, -0.2) is 61.4 Å². The Balaban J connectivity index is 0.00000176. The van der Waals surface area contributed by atoms with Crippen molar-refractivity contribution in [3.63, 3.8) is 0 Å². The van der Waals surface area contributed by atoms with Crippen molar-refractivity contribution in [3.05, 3.63) is 35.9 Å². The van der Waals surface area contributed by atoms with Crippen LogP contribution < -0.4 is 5.73 Å². The first-order valence-electron chi connectivity index (χ1n) is 12.0. The minimum Gasteiger partial charge on any atom is -0.457 e. The molecule has 2 aliphatic rings. The van der Waals surface area contributed by atoms with Gasteiger partial charge < -0.3 is 29.8 Å². The molecule has 0 spiro atoms. The Hall–Kier alpha value is -1.51. The van der Waals surface area contributed by atoms with Gasteiger partial charge in [0.05, 0.1) is 25.4 Å². The lowest BCUT2D eigenvalue weighted by atomic mass is 9.94. The Morgan fingerprint density at radius 3 is 2.50 bits per heavy atom. The van der Waals surface area contributed by atoms with Gasteiger partial charge in [0.1, 0.15) is 18.3 Å². The second-order valence-electron chi connectivity index (χ2n) is 8.42. The summed E-state index contributed by atoms with van der Waals surface area (Å²) in [6.45, 7) is 4.33. The summed E-state index contributed by atoms with van der Waals surface area (Å²) in [4.78, 5) is 12.5. The second-order valence-corrected chi connectivity index (χ2v) is 8.42. The molecule has 2 heterocycles. The van der Waals surface area contributed by atoms with Crippen molar-refractivity contribution in [3.8, 4) is 0 Å². The number of nitrogens with two attached hydrogens (primary N) is 1. The van der Waals surface area contributed by atoms with E-state index in [1.165, 1.54) is 19.9 Å². The number of hydrogen-bond acceptors (Lipinski definition) is 7. The molecule has 7 nitrogen and oxygen atoms in total. The third-order valence-corrected chi connectivity index (χ3v) is 5.90. The van der Waals surface area contributed by atoms with Gasteiger partial charge >= 0.3 is 5.97 Å². The molecule has 1 aromatic rings. The van der Waals surface area contributed by atoms with Gasteiger partial charge in [-0.05, 0) is 26.0 Å². The van der Waals surface area contributed by atoms with E-state index in [1.807, 2.05) is 37.3 Å². The highest BCUT2D eigenvalue weighted by molar-refractivity contribution is 5.69. The SMILES string of the molecule is CCCCCCCC(=O)OC1C(CO)OC2CC(C)OC2C1OCc1ccccc1.CN. The zero-order valence-corrected chi connectivity index (χ0v) is 19.8. The number of hydrogen-bond donors (Lipinski definition) is 2. The second kappa shape index (κ2) is 14.6. The molecule has 0 aromatic heterocycles. The summed E-state index contributed by atoms with van der Waals surface area (Å²) < 4.78 is 24.2. The van der Waals surface area contributed by atoms with Gasteiger partial charge in [0.25, 0.3) is 0 Å². The van der Waals surface area contributed by atoms with Crippen molar-refractivity contribution < 1.29 is 28.8 Å². The molecule has 32 heavy (non-hydrogen) atoms. The maximum atomic E-state index is 12.5. The normalized spacial score (nSPS) is 29.0. The summed E-state index contributed by atoms with van der Waals surface area (Å²) >= 11 is 0. The fraction of sp³-hybridized carbons (Fsp3) is 0.720. The van der Waals surface area contributed by atoms with E-state index in [-0.39, 0.29) is 30.9 Å². The maximum Gasteiger partial charge on any atom is 0.306 e. The monoisotopic (exact) mass is 451 g/mol. The molecule has 0 aliphatic carbocycles. The Labute approximate surface area is 192 Å².